The summed E-state index contributed by atoms with van der Waals surface area (Å²) in [4.78, 5) is 37.9. The van der Waals surface area contributed by atoms with Gasteiger partial charge in [0.05, 0.1) is 0 Å². The lowest BCUT2D eigenvalue weighted by Gasteiger charge is -2.18. The van der Waals surface area contributed by atoms with E-state index in [-0.39, 0.29) is 38.0 Å². The molecule has 0 bridgehead atoms. The Labute approximate surface area is 397 Å². The minimum atomic E-state index is -0.848. The van der Waals surface area contributed by atoms with Gasteiger partial charge >= 0.3 is 17.9 Å². The highest BCUT2D eigenvalue weighted by Crippen LogP contribution is 2.11. The largest absolute Gasteiger partial charge is 0.462 e. The van der Waals surface area contributed by atoms with Crippen molar-refractivity contribution in [2.45, 2.75) is 194 Å². The monoisotopic (exact) mass is 895 g/mol. The molecular formula is C59H90O6. The van der Waals surface area contributed by atoms with Crippen molar-refractivity contribution in [1.29, 1.82) is 0 Å². The van der Waals surface area contributed by atoms with Gasteiger partial charge in [0, 0.05) is 19.3 Å². The normalized spacial score (nSPS) is 13.3. The van der Waals surface area contributed by atoms with Gasteiger partial charge in [-0.1, -0.05) is 218 Å². The van der Waals surface area contributed by atoms with Crippen LogP contribution in [0.2, 0.25) is 0 Å². The van der Waals surface area contributed by atoms with Crippen LogP contribution >= 0.6 is 0 Å². The smallest absolute Gasteiger partial charge is 0.306 e. The molecule has 0 heterocycles. The Morgan fingerprint density at radius 3 is 1.17 bits per heavy atom. The molecule has 6 heteroatoms. The van der Waals surface area contributed by atoms with E-state index in [4.69, 9.17) is 14.2 Å². The summed E-state index contributed by atoms with van der Waals surface area (Å²) in [6, 6.07) is 0. The van der Waals surface area contributed by atoms with Crippen molar-refractivity contribution in [2.75, 3.05) is 13.2 Å². The fourth-order valence-corrected chi connectivity index (χ4v) is 6.21. The van der Waals surface area contributed by atoms with Gasteiger partial charge in [0.25, 0.3) is 0 Å². The van der Waals surface area contributed by atoms with Crippen LogP contribution in [0.1, 0.15) is 188 Å². The zero-order chi connectivity index (χ0) is 47.2. The third-order valence-electron chi connectivity index (χ3n) is 9.98. The summed E-state index contributed by atoms with van der Waals surface area (Å²) < 4.78 is 16.7. The summed E-state index contributed by atoms with van der Waals surface area (Å²) >= 11 is 0. The lowest BCUT2D eigenvalue weighted by atomic mass is 10.1. The van der Waals surface area contributed by atoms with Gasteiger partial charge in [-0.25, -0.2) is 0 Å². The molecule has 1 atom stereocenters. The molecule has 0 saturated carbocycles. The second-order valence-electron chi connectivity index (χ2n) is 16.1. The average molecular weight is 895 g/mol. The van der Waals surface area contributed by atoms with Crippen LogP contribution in [-0.4, -0.2) is 37.2 Å². The van der Waals surface area contributed by atoms with E-state index in [1.54, 1.807) is 0 Å². The summed E-state index contributed by atoms with van der Waals surface area (Å²) in [5.41, 5.74) is 0. The number of esters is 3. The van der Waals surface area contributed by atoms with Gasteiger partial charge in [-0.2, -0.15) is 0 Å². The summed E-state index contributed by atoms with van der Waals surface area (Å²) in [5, 5.41) is 0. The minimum absolute atomic E-state index is 0.138. The number of allylic oxidation sites excluding steroid dienone is 24. The standard InChI is InChI=1S/C59H90O6/c1-4-7-10-13-16-19-22-25-27-29-30-32-34-37-40-43-46-49-52-58(61)64-55-56(54-63-57(60)51-48-45-42-39-36-33-24-21-18-15-12-9-6-3)65-59(62)53-50-47-44-41-38-35-31-28-26-23-20-17-14-11-8-5-2/h8-9,11-12,15,17-18,20-22,24-30,32-33,35-36,38,44,47,56H,4-7,10,13-14,16,19,23,31,34,37,39-43,45-46,48-55H2,1-3H3/b11-8+,12-9+,18-15+,20-17+,24-21+,25-22+,28-26+,29-27+,32-30+,36-33+,38-35+,47-44+. The van der Waals surface area contributed by atoms with Crippen LogP contribution in [0.25, 0.3) is 0 Å². The van der Waals surface area contributed by atoms with Crippen molar-refractivity contribution in [3.05, 3.63) is 146 Å². The number of unbranched alkanes of at least 4 members (excludes halogenated alkanes) is 13. The van der Waals surface area contributed by atoms with E-state index >= 15 is 0 Å². The van der Waals surface area contributed by atoms with Gasteiger partial charge in [0.15, 0.2) is 6.10 Å². The maximum atomic E-state index is 12.8. The van der Waals surface area contributed by atoms with Crippen molar-refractivity contribution in [1.82, 2.24) is 0 Å². The molecular weight excluding hydrogens is 805 g/mol. The highest BCUT2D eigenvalue weighted by Gasteiger charge is 2.19. The molecule has 0 spiro atoms. The molecule has 0 aliphatic rings. The van der Waals surface area contributed by atoms with Crippen LogP contribution in [0.15, 0.2) is 146 Å². The van der Waals surface area contributed by atoms with Crippen molar-refractivity contribution < 1.29 is 28.6 Å². The molecule has 0 aromatic carbocycles. The van der Waals surface area contributed by atoms with E-state index in [1.165, 1.54) is 32.1 Å². The quantitative estimate of drug-likeness (QED) is 0.0199. The van der Waals surface area contributed by atoms with Crippen LogP contribution in [0.5, 0.6) is 0 Å². The maximum Gasteiger partial charge on any atom is 0.306 e. The van der Waals surface area contributed by atoms with E-state index < -0.39 is 12.1 Å². The molecule has 0 N–H and O–H groups in total. The van der Waals surface area contributed by atoms with Gasteiger partial charge < -0.3 is 14.2 Å². The second kappa shape index (κ2) is 51.9. The van der Waals surface area contributed by atoms with E-state index in [2.05, 4.69) is 118 Å². The lowest BCUT2D eigenvalue weighted by molar-refractivity contribution is -0.166. The van der Waals surface area contributed by atoms with Crippen LogP contribution in [0.3, 0.4) is 0 Å². The molecule has 1 unspecified atom stereocenters. The van der Waals surface area contributed by atoms with Crippen LogP contribution in [0, 0.1) is 0 Å². The summed E-state index contributed by atoms with van der Waals surface area (Å²) in [7, 11) is 0. The number of ether oxygens (including phenoxy) is 3. The van der Waals surface area contributed by atoms with Crippen LogP contribution in [-0.2, 0) is 28.6 Å². The van der Waals surface area contributed by atoms with E-state index in [0.717, 1.165) is 103 Å². The zero-order valence-electron chi connectivity index (χ0n) is 41.2. The molecule has 0 aliphatic carbocycles. The first-order chi connectivity index (χ1) is 32.0. The number of hydrogen-bond donors (Lipinski definition) is 0. The Kier molecular flexibility index (Phi) is 48.2. The predicted octanol–water partition coefficient (Wildman–Crippen LogP) is 16.9. The highest BCUT2D eigenvalue weighted by atomic mass is 16.6. The third-order valence-corrected chi connectivity index (χ3v) is 9.98. The van der Waals surface area contributed by atoms with Crippen molar-refractivity contribution in [3.63, 3.8) is 0 Å². The minimum Gasteiger partial charge on any atom is -0.462 e. The Bertz CT molecular complexity index is 1490. The predicted molar refractivity (Wildman–Crippen MR) is 279 cm³/mol. The fraction of sp³-hybridized carbons (Fsp3) is 0.542. The molecule has 0 rings (SSSR count). The molecule has 65 heavy (non-hydrogen) atoms. The topological polar surface area (TPSA) is 78.9 Å². The highest BCUT2D eigenvalue weighted by molar-refractivity contribution is 5.71. The molecule has 0 fully saturated rings. The first-order valence-electron chi connectivity index (χ1n) is 25.4. The first kappa shape index (κ1) is 60.3. The van der Waals surface area contributed by atoms with E-state index in [0.29, 0.717) is 19.3 Å². The molecule has 6 nitrogen and oxygen atoms in total. The van der Waals surface area contributed by atoms with Gasteiger partial charge in [-0.05, 0) is 96.3 Å². The number of hydrogen-bond acceptors (Lipinski definition) is 6. The zero-order valence-corrected chi connectivity index (χ0v) is 41.2. The average Bonchev–Trinajstić information content (AvgIpc) is 3.30. The van der Waals surface area contributed by atoms with Gasteiger partial charge in [-0.15, -0.1) is 0 Å². The fourth-order valence-electron chi connectivity index (χ4n) is 6.21. The maximum absolute atomic E-state index is 12.8. The van der Waals surface area contributed by atoms with Crippen molar-refractivity contribution in [2.24, 2.45) is 0 Å². The molecule has 0 radical (unpaired) electrons. The van der Waals surface area contributed by atoms with E-state index in [1.807, 2.05) is 48.6 Å². The molecule has 0 aromatic rings. The van der Waals surface area contributed by atoms with Crippen LogP contribution in [0.4, 0.5) is 0 Å². The second-order valence-corrected chi connectivity index (χ2v) is 16.1. The Morgan fingerprint density at radius 2 is 0.708 bits per heavy atom. The van der Waals surface area contributed by atoms with Crippen LogP contribution < -0.4 is 0 Å². The van der Waals surface area contributed by atoms with Gasteiger partial charge in [0.1, 0.15) is 13.2 Å². The Balaban J connectivity index is 4.62. The Hall–Kier alpha value is -4.71. The molecule has 0 saturated heterocycles. The van der Waals surface area contributed by atoms with Crippen molar-refractivity contribution in [3.8, 4) is 0 Å². The lowest BCUT2D eigenvalue weighted by Crippen LogP contribution is -2.30. The summed E-state index contributed by atoms with van der Waals surface area (Å²) in [6.07, 6.45) is 74.1. The van der Waals surface area contributed by atoms with E-state index in [9.17, 15) is 14.4 Å². The number of carbonyl (C=O) groups is 3. The summed E-state index contributed by atoms with van der Waals surface area (Å²) in [5.74, 6) is -1.09. The molecule has 0 amide bonds. The van der Waals surface area contributed by atoms with Gasteiger partial charge in [-0.3, -0.25) is 14.4 Å². The third kappa shape index (κ3) is 50.2. The first-order valence-corrected chi connectivity index (χ1v) is 25.4. The van der Waals surface area contributed by atoms with Crippen molar-refractivity contribution >= 4 is 17.9 Å². The molecule has 0 aromatic heterocycles. The summed E-state index contributed by atoms with van der Waals surface area (Å²) in [6.45, 7) is 6.22. The SMILES string of the molecule is CC/C=C/C=C/C=C/C=C/CCCCCC(=O)OCC(COC(=O)CCCCCCC/C=C/C=C/C=C/CCCCCCC)OC(=O)CC/C=C/C/C=C/C/C=C/C/C=C/C/C=C/CC. The van der Waals surface area contributed by atoms with Gasteiger partial charge in [0.2, 0.25) is 0 Å². The number of rotatable bonds is 43. The Morgan fingerprint density at radius 1 is 0.338 bits per heavy atom. The number of carbonyl (C=O) groups excluding carboxylic acids is 3. The molecule has 362 valence electrons. The molecule has 0 aliphatic heterocycles.